The second kappa shape index (κ2) is 7.58. The van der Waals surface area contributed by atoms with Gasteiger partial charge in [0.15, 0.2) is 11.5 Å². The van der Waals surface area contributed by atoms with Crippen LogP contribution in [0.2, 0.25) is 5.02 Å². The second-order valence-electron chi connectivity index (χ2n) is 6.66. The number of rotatable bonds is 4. The quantitative estimate of drug-likeness (QED) is 0.746. The van der Waals surface area contributed by atoms with Gasteiger partial charge in [-0.2, -0.15) is 5.10 Å². The second-order valence-corrected chi connectivity index (χ2v) is 7.10. The number of piperidine rings is 1. The fourth-order valence-corrected chi connectivity index (χ4v) is 3.55. The fraction of sp³-hybridized carbons (Fsp3) is 0.300. The molecule has 6 nitrogen and oxygen atoms in total. The third kappa shape index (κ3) is 3.63. The summed E-state index contributed by atoms with van der Waals surface area (Å²) in [6, 6.07) is 13.1. The Balaban J connectivity index is 1.71. The molecule has 140 valence electrons. The molecule has 1 aliphatic rings. The van der Waals surface area contributed by atoms with Gasteiger partial charge in [-0.05, 0) is 56.3 Å². The van der Waals surface area contributed by atoms with Crippen LogP contribution in [0.3, 0.4) is 0 Å². The molecular formula is C20H21ClN4O2. The number of likely N-dealkylation sites (N-methyl/N-ethyl adjacent to an activating group) is 1. The Hall–Kier alpha value is -2.57. The molecule has 4 rings (SSSR count). The van der Waals surface area contributed by atoms with Gasteiger partial charge in [0, 0.05) is 30.2 Å². The minimum atomic E-state index is -0.0598. The van der Waals surface area contributed by atoms with Gasteiger partial charge in [0.1, 0.15) is 5.69 Å². The van der Waals surface area contributed by atoms with Crippen LogP contribution in [0.25, 0.3) is 17.1 Å². The summed E-state index contributed by atoms with van der Waals surface area (Å²) >= 11 is 6.01. The van der Waals surface area contributed by atoms with Crippen molar-refractivity contribution in [1.29, 1.82) is 0 Å². The summed E-state index contributed by atoms with van der Waals surface area (Å²) in [6.07, 6.45) is 3.68. The number of nitrogens with zero attached hydrogens (tertiary/aromatic N) is 3. The van der Waals surface area contributed by atoms with E-state index in [2.05, 4.69) is 10.4 Å². The molecule has 0 spiro atoms. The van der Waals surface area contributed by atoms with Crippen molar-refractivity contribution >= 4 is 17.5 Å². The molecule has 2 aromatic heterocycles. The third-order valence-electron chi connectivity index (χ3n) is 4.89. The van der Waals surface area contributed by atoms with Crippen molar-refractivity contribution in [3.63, 3.8) is 0 Å². The van der Waals surface area contributed by atoms with E-state index in [0.717, 1.165) is 30.8 Å². The van der Waals surface area contributed by atoms with Gasteiger partial charge in [0.25, 0.3) is 5.91 Å². The number of carbonyl (C=O) groups excluding carboxylic acids is 1. The number of hydrogen-bond donors (Lipinski definition) is 1. The molecule has 7 heteroatoms. The average Bonchev–Trinajstić information content (AvgIpc) is 3.38. The van der Waals surface area contributed by atoms with Gasteiger partial charge in [-0.1, -0.05) is 11.6 Å². The Bertz CT molecular complexity index is 918. The third-order valence-corrected chi connectivity index (χ3v) is 5.14. The molecule has 0 aliphatic carbocycles. The lowest BCUT2D eigenvalue weighted by molar-refractivity contribution is 0.0691. The lowest BCUT2D eigenvalue weighted by atomic mass is 10.1. The van der Waals surface area contributed by atoms with Crippen LogP contribution < -0.4 is 5.32 Å². The number of hydrogen-bond acceptors (Lipinski definition) is 4. The van der Waals surface area contributed by atoms with Crippen LogP contribution in [0.5, 0.6) is 0 Å². The maximum absolute atomic E-state index is 13.1. The first-order valence-corrected chi connectivity index (χ1v) is 9.40. The molecule has 1 N–H and O–H groups in total. The van der Waals surface area contributed by atoms with Crippen LogP contribution in [0.4, 0.5) is 0 Å². The number of aromatic nitrogens is 2. The van der Waals surface area contributed by atoms with E-state index < -0.39 is 0 Å². The van der Waals surface area contributed by atoms with E-state index in [4.69, 9.17) is 16.0 Å². The van der Waals surface area contributed by atoms with Crippen molar-refractivity contribution in [3.8, 4) is 17.1 Å². The number of benzene rings is 1. The summed E-state index contributed by atoms with van der Waals surface area (Å²) in [5.74, 6) is 0.596. The maximum atomic E-state index is 13.1. The minimum Gasteiger partial charge on any atom is -0.463 e. The smallest absolute Gasteiger partial charge is 0.274 e. The molecule has 0 radical (unpaired) electrons. The van der Waals surface area contributed by atoms with E-state index in [9.17, 15) is 4.79 Å². The van der Waals surface area contributed by atoms with E-state index in [0.29, 0.717) is 29.1 Å². The number of halogens is 1. The van der Waals surface area contributed by atoms with Crippen LogP contribution in [-0.4, -0.2) is 46.8 Å². The number of nitrogens with one attached hydrogen (secondary N) is 1. The first-order chi connectivity index (χ1) is 13.2. The lowest BCUT2D eigenvalue weighted by Gasteiger charge is -2.32. The summed E-state index contributed by atoms with van der Waals surface area (Å²) < 4.78 is 7.28. The van der Waals surface area contributed by atoms with E-state index in [1.165, 1.54) is 0 Å². The average molecular weight is 385 g/mol. The highest BCUT2D eigenvalue weighted by Crippen LogP contribution is 2.26. The highest BCUT2D eigenvalue weighted by Gasteiger charge is 2.26. The first-order valence-electron chi connectivity index (χ1n) is 9.02. The maximum Gasteiger partial charge on any atom is 0.274 e. The van der Waals surface area contributed by atoms with Crippen LogP contribution in [-0.2, 0) is 0 Å². The van der Waals surface area contributed by atoms with E-state index in [1.807, 2.05) is 36.2 Å². The molecule has 1 saturated heterocycles. The molecule has 0 saturated carbocycles. The zero-order valence-electron chi connectivity index (χ0n) is 15.1. The van der Waals surface area contributed by atoms with Gasteiger partial charge >= 0.3 is 0 Å². The van der Waals surface area contributed by atoms with E-state index in [-0.39, 0.29) is 5.91 Å². The highest BCUT2D eigenvalue weighted by atomic mass is 35.5. The standard InChI is InChI=1S/C20H21ClN4O2/c1-22-15-4-2-10-24(13-15)20(26)17-12-18(19-5-3-11-27-19)25(23-17)16-8-6-14(21)7-9-16/h3,5-9,11-12,15,22H,2,4,10,13H2,1H3. The van der Waals surface area contributed by atoms with Crippen LogP contribution >= 0.6 is 11.6 Å². The summed E-state index contributed by atoms with van der Waals surface area (Å²) in [4.78, 5) is 14.9. The lowest BCUT2D eigenvalue weighted by Crippen LogP contribution is -2.47. The number of carbonyl (C=O) groups is 1. The molecule has 1 fully saturated rings. The molecule has 27 heavy (non-hydrogen) atoms. The fourth-order valence-electron chi connectivity index (χ4n) is 3.42. The summed E-state index contributed by atoms with van der Waals surface area (Å²) in [5.41, 5.74) is 1.96. The van der Waals surface area contributed by atoms with Crippen molar-refractivity contribution in [1.82, 2.24) is 20.0 Å². The van der Waals surface area contributed by atoms with Crippen LogP contribution in [0.1, 0.15) is 23.3 Å². The predicted octanol–water partition coefficient (Wildman–Crippen LogP) is 3.61. The Morgan fingerprint density at radius 3 is 2.81 bits per heavy atom. The summed E-state index contributed by atoms with van der Waals surface area (Å²) in [5, 5.41) is 8.50. The van der Waals surface area contributed by atoms with Crippen molar-refractivity contribution in [2.24, 2.45) is 0 Å². The molecule has 1 unspecified atom stereocenters. The van der Waals surface area contributed by atoms with Gasteiger partial charge < -0.3 is 14.6 Å². The molecule has 1 atom stereocenters. The number of furan rings is 1. The zero-order chi connectivity index (χ0) is 18.8. The summed E-state index contributed by atoms with van der Waals surface area (Å²) in [7, 11) is 1.93. The Morgan fingerprint density at radius 2 is 2.11 bits per heavy atom. The number of likely N-dealkylation sites (tertiary alicyclic amines) is 1. The highest BCUT2D eigenvalue weighted by molar-refractivity contribution is 6.30. The molecule has 3 aromatic rings. The number of amides is 1. The van der Waals surface area contributed by atoms with Crippen molar-refractivity contribution in [3.05, 3.63) is 59.4 Å². The van der Waals surface area contributed by atoms with E-state index >= 15 is 0 Å². The molecule has 3 heterocycles. The monoisotopic (exact) mass is 384 g/mol. The molecule has 1 aliphatic heterocycles. The Labute approximate surface area is 162 Å². The summed E-state index contributed by atoms with van der Waals surface area (Å²) in [6.45, 7) is 1.44. The molecular weight excluding hydrogens is 364 g/mol. The van der Waals surface area contributed by atoms with Crippen molar-refractivity contribution < 1.29 is 9.21 Å². The minimum absolute atomic E-state index is 0.0598. The normalized spacial score (nSPS) is 17.3. The Kier molecular flexibility index (Phi) is 5.01. The predicted molar refractivity (Wildman–Crippen MR) is 104 cm³/mol. The van der Waals surface area contributed by atoms with Crippen LogP contribution in [0.15, 0.2) is 53.1 Å². The zero-order valence-corrected chi connectivity index (χ0v) is 15.8. The topological polar surface area (TPSA) is 63.3 Å². The van der Waals surface area contributed by atoms with Gasteiger partial charge in [-0.3, -0.25) is 4.79 Å². The SMILES string of the molecule is CNC1CCCN(C(=O)c2cc(-c3ccco3)n(-c3ccc(Cl)cc3)n2)C1. The molecule has 1 amide bonds. The Morgan fingerprint density at radius 1 is 1.30 bits per heavy atom. The van der Waals surface area contributed by atoms with Gasteiger partial charge in [-0.25, -0.2) is 4.68 Å². The largest absolute Gasteiger partial charge is 0.463 e. The van der Waals surface area contributed by atoms with Gasteiger partial charge in [0.05, 0.1) is 12.0 Å². The first kappa shape index (κ1) is 17.8. The molecule has 0 bridgehead atoms. The van der Waals surface area contributed by atoms with Crippen molar-refractivity contribution in [2.75, 3.05) is 20.1 Å². The molecule has 1 aromatic carbocycles. The van der Waals surface area contributed by atoms with Gasteiger partial charge in [-0.15, -0.1) is 0 Å². The van der Waals surface area contributed by atoms with Crippen LogP contribution in [0, 0.1) is 0 Å². The van der Waals surface area contributed by atoms with Crippen molar-refractivity contribution in [2.45, 2.75) is 18.9 Å². The van der Waals surface area contributed by atoms with Gasteiger partial charge in [0.2, 0.25) is 0 Å². The van der Waals surface area contributed by atoms with E-state index in [1.54, 1.807) is 29.1 Å².